The van der Waals surface area contributed by atoms with E-state index in [9.17, 15) is 0 Å². The first-order valence-electron chi connectivity index (χ1n) is 5.98. The van der Waals surface area contributed by atoms with Gasteiger partial charge in [-0.15, -0.1) is 0 Å². The number of rotatable bonds is 4. The smallest absolute Gasteiger partial charge is 0.125 e. The zero-order valence-electron chi connectivity index (χ0n) is 10.2. The summed E-state index contributed by atoms with van der Waals surface area (Å²) in [6, 6.07) is 5.77. The van der Waals surface area contributed by atoms with Crippen LogP contribution in [0.15, 0.2) is 18.2 Å². The first-order chi connectivity index (χ1) is 8.22. The van der Waals surface area contributed by atoms with Gasteiger partial charge >= 0.3 is 0 Å². The molecule has 1 aromatic carbocycles. The fourth-order valence-corrected chi connectivity index (χ4v) is 2.34. The van der Waals surface area contributed by atoms with Crippen molar-refractivity contribution in [1.82, 2.24) is 4.90 Å². The Bertz CT molecular complexity index is 382. The Kier molecular flexibility index (Phi) is 3.86. The minimum absolute atomic E-state index is 0.287. The van der Waals surface area contributed by atoms with Crippen LogP contribution in [0, 0.1) is 5.92 Å². The van der Waals surface area contributed by atoms with Gasteiger partial charge in [-0.05, 0) is 24.9 Å². The summed E-state index contributed by atoms with van der Waals surface area (Å²) in [5.41, 5.74) is 7.60. The number of hydrogen-bond acceptors (Lipinski definition) is 4. The number of nitrogen functional groups attached to an aromatic ring is 1. The number of aliphatic hydroxyl groups is 1. The van der Waals surface area contributed by atoms with Gasteiger partial charge in [0.25, 0.3) is 0 Å². The average molecular weight is 236 g/mol. The van der Waals surface area contributed by atoms with Gasteiger partial charge in [0.2, 0.25) is 0 Å². The highest BCUT2D eigenvalue weighted by atomic mass is 16.5. The topological polar surface area (TPSA) is 58.7 Å². The second kappa shape index (κ2) is 5.38. The Morgan fingerprint density at radius 2 is 2.35 bits per heavy atom. The molecule has 1 fully saturated rings. The summed E-state index contributed by atoms with van der Waals surface area (Å²) in [5, 5.41) is 9.12. The number of nitrogens with two attached hydrogens (primary N) is 1. The molecule has 2 rings (SSSR count). The molecule has 94 valence electrons. The Balaban J connectivity index is 2.03. The highest BCUT2D eigenvalue weighted by Crippen LogP contribution is 2.25. The fourth-order valence-electron chi connectivity index (χ4n) is 2.34. The maximum atomic E-state index is 9.12. The van der Waals surface area contributed by atoms with Crippen LogP contribution in [0.2, 0.25) is 0 Å². The predicted molar refractivity (Wildman–Crippen MR) is 67.9 cm³/mol. The zero-order chi connectivity index (χ0) is 12.3. The standard InChI is InChI=1S/C13H20N2O2/c1-17-13-6-12(14)3-2-11(13)8-15-5-4-10(7-15)9-16/h2-3,6,10,16H,4-5,7-9,14H2,1H3. The minimum atomic E-state index is 0.287. The van der Waals surface area contributed by atoms with E-state index in [0.29, 0.717) is 5.92 Å². The van der Waals surface area contributed by atoms with Gasteiger partial charge in [-0.2, -0.15) is 0 Å². The van der Waals surface area contributed by atoms with E-state index in [0.717, 1.165) is 43.1 Å². The van der Waals surface area contributed by atoms with Crippen molar-refractivity contribution < 1.29 is 9.84 Å². The lowest BCUT2D eigenvalue weighted by Gasteiger charge is -2.17. The lowest BCUT2D eigenvalue weighted by atomic mass is 10.1. The van der Waals surface area contributed by atoms with E-state index >= 15 is 0 Å². The Labute approximate surface area is 102 Å². The first-order valence-corrected chi connectivity index (χ1v) is 5.98. The van der Waals surface area contributed by atoms with E-state index < -0.39 is 0 Å². The van der Waals surface area contributed by atoms with Crippen molar-refractivity contribution in [2.24, 2.45) is 5.92 Å². The van der Waals surface area contributed by atoms with Crippen LogP contribution in [0.4, 0.5) is 5.69 Å². The number of methoxy groups -OCH3 is 1. The molecule has 3 N–H and O–H groups in total. The van der Waals surface area contributed by atoms with Crippen LogP contribution < -0.4 is 10.5 Å². The van der Waals surface area contributed by atoms with Crippen molar-refractivity contribution in [3.63, 3.8) is 0 Å². The predicted octanol–water partition coefficient (Wildman–Crippen LogP) is 1.09. The maximum Gasteiger partial charge on any atom is 0.125 e. The highest BCUT2D eigenvalue weighted by molar-refractivity contribution is 5.48. The van der Waals surface area contributed by atoms with Crippen LogP contribution in [0.25, 0.3) is 0 Å². The molecule has 17 heavy (non-hydrogen) atoms. The van der Waals surface area contributed by atoms with Crippen LogP contribution in [0.1, 0.15) is 12.0 Å². The molecule has 1 aliphatic rings. The molecule has 0 saturated carbocycles. The van der Waals surface area contributed by atoms with E-state index in [1.807, 2.05) is 18.2 Å². The van der Waals surface area contributed by atoms with Gasteiger partial charge in [0, 0.05) is 37.0 Å². The molecule has 1 unspecified atom stereocenters. The van der Waals surface area contributed by atoms with Crippen LogP contribution in [0.5, 0.6) is 5.75 Å². The second-order valence-corrected chi connectivity index (χ2v) is 4.64. The van der Waals surface area contributed by atoms with Gasteiger partial charge in [0.05, 0.1) is 7.11 Å². The average Bonchev–Trinajstić information content (AvgIpc) is 2.79. The number of hydrogen-bond donors (Lipinski definition) is 2. The van der Waals surface area contributed by atoms with Crippen LogP contribution in [0.3, 0.4) is 0 Å². The Morgan fingerprint density at radius 3 is 3.00 bits per heavy atom. The quantitative estimate of drug-likeness (QED) is 0.768. The highest BCUT2D eigenvalue weighted by Gasteiger charge is 2.22. The van der Waals surface area contributed by atoms with Crippen molar-refractivity contribution in [1.29, 1.82) is 0 Å². The SMILES string of the molecule is COc1cc(N)ccc1CN1CCC(CO)C1. The molecule has 1 aliphatic heterocycles. The van der Waals surface area contributed by atoms with Crippen molar-refractivity contribution >= 4 is 5.69 Å². The van der Waals surface area contributed by atoms with Gasteiger partial charge in [-0.1, -0.05) is 6.07 Å². The molecule has 0 spiro atoms. The second-order valence-electron chi connectivity index (χ2n) is 4.64. The summed E-state index contributed by atoms with van der Waals surface area (Å²) < 4.78 is 5.33. The first kappa shape index (κ1) is 12.2. The van der Waals surface area contributed by atoms with Gasteiger partial charge < -0.3 is 15.6 Å². The molecule has 0 bridgehead atoms. The molecular formula is C13H20N2O2. The Hall–Kier alpha value is -1.26. The number of nitrogens with zero attached hydrogens (tertiary/aromatic N) is 1. The third-order valence-electron chi connectivity index (χ3n) is 3.33. The van der Waals surface area contributed by atoms with Gasteiger partial charge in [-0.25, -0.2) is 0 Å². The van der Waals surface area contributed by atoms with Crippen molar-refractivity contribution in [2.45, 2.75) is 13.0 Å². The Morgan fingerprint density at radius 1 is 1.53 bits per heavy atom. The van der Waals surface area contributed by atoms with Crippen molar-refractivity contribution in [3.8, 4) is 5.75 Å². The van der Waals surface area contributed by atoms with Crippen LogP contribution >= 0.6 is 0 Å². The molecule has 4 nitrogen and oxygen atoms in total. The third-order valence-corrected chi connectivity index (χ3v) is 3.33. The molecule has 1 heterocycles. The molecule has 0 aromatic heterocycles. The molecule has 1 saturated heterocycles. The van der Waals surface area contributed by atoms with E-state index in [1.165, 1.54) is 0 Å². The number of benzene rings is 1. The number of aliphatic hydroxyl groups excluding tert-OH is 1. The van der Waals surface area contributed by atoms with E-state index in [4.69, 9.17) is 15.6 Å². The molecule has 4 heteroatoms. The third kappa shape index (κ3) is 2.90. The summed E-state index contributed by atoms with van der Waals surface area (Å²) in [6.07, 6.45) is 1.08. The summed E-state index contributed by atoms with van der Waals surface area (Å²) in [7, 11) is 1.67. The van der Waals surface area contributed by atoms with Gasteiger partial charge in [0.15, 0.2) is 0 Å². The number of anilines is 1. The van der Waals surface area contributed by atoms with Crippen molar-refractivity contribution in [3.05, 3.63) is 23.8 Å². The summed E-state index contributed by atoms with van der Waals surface area (Å²) in [6.45, 7) is 3.15. The van der Waals surface area contributed by atoms with E-state index in [2.05, 4.69) is 4.90 Å². The lowest BCUT2D eigenvalue weighted by Crippen LogP contribution is -2.21. The summed E-state index contributed by atoms with van der Waals surface area (Å²) >= 11 is 0. The normalized spacial score (nSPS) is 20.7. The van der Waals surface area contributed by atoms with Crippen LogP contribution in [-0.2, 0) is 6.54 Å². The molecule has 1 aromatic rings. The van der Waals surface area contributed by atoms with E-state index in [-0.39, 0.29) is 6.61 Å². The van der Waals surface area contributed by atoms with Gasteiger partial charge in [0.1, 0.15) is 5.75 Å². The fraction of sp³-hybridized carbons (Fsp3) is 0.538. The monoisotopic (exact) mass is 236 g/mol. The van der Waals surface area contributed by atoms with Crippen LogP contribution in [-0.4, -0.2) is 36.8 Å². The summed E-state index contributed by atoms with van der Waals surface area (Å²) in [5.74, 6) is 1.27. The minimum Gasteiger partial charge on any atom is -0.496 e. The molecular weight excluding hydrogens is 216 g/mol. The molecule has 1 atom stereocenters. The number of likely N-dealkylation sites (tertiary alicyclic amines) is 1. The van der Waals surface area contributed by atoms with Gasteiger partial charge in [-0.3, -0.25) is 4.90 Å². The molecule has 0 aliphatic carbocycles. The molecule has 0 amide bonds. The largest absolute Gasteiger partial charge is 0.496 e. The zero-order valence-corrected chi connectivity index (χ0v) is 10.2. The molecule has 0 radical (unpaired) electrons. The van der Waals surface area contributed by atoms with E-state index in [1.54, 1.807) is 7.11 Å². The van der Waals surface area contributed by atoms with Crippen molar-refractivity contribution in [2.75, 3.05) is 32.5 Å². The number of ether oxygens (including phenoxy) is 1. The maximum absolute atomic E-state index is 9.12. The summed E-state index contributed by atoms with van der Waals surface area (Å²) in [4.78, 5) is 2.34. The lowest BCUT2D eigenvalue weighted by molar-refractivity contribution is 0.219.